The molecule has 0 fully saturated rings. The summed E-state index contributed by atoms with van der Waals surface area (Å²) >= 11 is 3.10. The molecule has 4 nitrogen and oxygen atoms in total. The zero-order valence-corrected chi connectivity index (χ0v) is 21.4. The van der Waals surface area contributed by atoms with Crippen LogP contribution in [0, 0.1) is 5.41 Å². The number of aromatic nitrogens is 2. The van der Waals surface area contributed by atoms with Crippen LogP contribution in [0.5, 0.6) is 0 Å². The maximum absolute atomic E-state index is 13.8. The summed E-state index contributed by atoms with van der Waals surface area (Å²) in [5.41, 5.74) is 3.03. The monoisotopic (exact) mass is 471 g/mol. The van der Waals surface area contributed by atoms with Gasteiger partial charge in [-0.25, -0.2) is 9.97 Å². The Morgan fingerprint density at radius 2 is 1.44 bits per heavy atom. The molecule has 0 radical (unpaired) electrons. The van der Waals surface area contributed by atoms with Gasteiger partial charge in [-0.15, -0.1) is 23.5 Å². The van der Waals surface area contributed by atoms with Gasteiger partial charge in [0.25, 0.3) is 0 Å². The third kappa shape index (κ3) is 6.28. The van der Waals surface area contributed by atoms with Crippen molar-refractivity contribution in [1.82, 2.24) is 9.97 Å². The van der Waals surface area contributed by atoms with Crippen molar-refractivity contribution in [2.24, 2.45) is 5.41 Å². The fourth-order valence-electron chi connectivity index (χ4n) is 4.76. The summed E-state index contributed by atoms with van der Waals surface area (Å²) in [6.07, 6.45) is 18.4. The summed E-state index contributed by atoms with van der Waals surface area (Å²) in [5, 5.41) is 4.93. The van der Waals surface area contributed by atoms with Gasteiger partial charge in [-0.2, -0.15) is 0 Å². The zero-order chi connectivity index (χ0) is 22.8. The number of nitrogens with zero attached hydrogens (tertiary/aromatic N) is 2. The van der Waals surface area contributed by atoms with Crippen LogP contribution in [-0.4, -0.2) is 28.4 Å². The lowest BCUT2D eigenvalue weighted by Crippen LogP contribution is -2.37. The second kappa shape index (κ2) is 12.6. The normalized spacial score (nSPS) is 14.3. The lowest BCUT2D eigenvalue weighted by atomic mass is 9.78. The van der Waals surface area contributed by atoms with Crippen molar-refractivity contribution in [2.75, 3.05) is 17.8 Å². The van der Waals surface area contributed by atoms with Crippen molar-refractivity contribution >= 4 is 35.1 Å². The molecule has 1 heterocycles. The van der Waals surface area contributed by atoms with Crippen LogP contribution in [0.1, 0.15) is 75.8 Å². The van der Waals surface area contributed by atoms with E-state index < -0.39 is 0 Å². The molecule has 3 rings (SSSR count). The van der Waals surface area contributed by atoms with Gasteiger partial charge in [-0.05, 0) is 42.9 Å². The number of benzene rings is 1. The number of unbranched alkanes of at least 4 members (excludes halogenated alkanes) is 7. The Kier molecular flexibility index (Phi) is 9.92. The van der Waals surface area contributed by atoms with E-state index in [0.717, 1.165) is 41.4 Å². The van der Waals surface area contributed by atoms with Gasteiger partial charge in [0.05, 0.1) is 5.41 Å². The number of carbonyl (C=O) groups excluding carboxylic acids is 1. The highest BCUT2D eigenvalue weighted by Gasteiger charge is 2.43. The highest BCUT2D eigenvalue weighted by atomic mass is 32.2. The lowest BCUT2D eigenvalue weighted by Gasteiger charge is -2.28. The number of thioether (sulfide) groups is 2. The van der Waals surface area contributed by atoms with Gasteiger partial charge in [-0.3, -0.25) is 4.79 Å². The van der Waals surface area contributed by atoms with Gasteiger partial charge in [0.15, 0.2) is 0 Å². The fourth-order valence-corrected chi connectivity index (χ4v) is 5.83. The van der Waals surface area contributed by atoms with Crippen LogP contribution in [0.4, 0.5) is 5.69 Å². The van der Waals surface area contributed by atoms with E-state index in [1.165, 1.54) is 56.1 Å². The Morgan fingerprint density at radius 3 is 1.97 bits per heavy atom. The Hall–Kier alpha value is -1.53. The summed E-state index contributed by atoms with van der Waals surface area (Å²) in [5.74, 6) is 0.122. The van der Waals surface area contributed by atoms with Gasteiger partial charge in [0, 0.05) is 0 Å². The largest absolute Gasteiger partial charge is 0.321 e. The molecule has 0 unspecified atom stereocenters. The van der Waals surface area contributed by atoms with E-state index in [2.05, 4.69) is 46.5 Å². The summed E-state index contributed by atoms with van der Waals surface area (Å²) < 4.78 is 0. The molecule has 1 N–H and O–H groups in total. The zero-order valence-electron chi connectivity index (χ0n) is 19.8. The number of anilines is 1. The SMILES string of the molecule is CCCCCCCCCCC1(C(=O)Nc2c(SC)ncnc2SC)Cc2ccccc2C1. The molecular formula is C26H37N3OS2. The Labute approximate surface area is 202 Å². The minimum atomic E-state index is -0.382. The minimum absolute atomic E-state index is 0.122. The van der Waals surface area contributed by atoms with Crippen molar-refractivity contribution in [3.63, 3.8) is 0 Å². The minimum Gasteiger partial charge on any atom is -0.321 e. The molecule has 1 aromatic heterocycles. The van der Waals surface area contributed by atoms with Gasteiger partial charge < -0.3 is 5.32 Å². The molecule has 1 aromatic carbocycles. The predicted octanol–water partition coefficient (Wildman–Crippen LogP) is 7.17. The van der Waals surface area contributed by atoms with Crippen molar-refractivity contribution in [1.29, 1.82) is 0 Å². The van der Waals surface area contributed by atoms with Gasteiger partial charge in [0.2, 0.25) is 5.91 Å². The van der Waals surface area contributed by atoms with E-state index in [4.69, 9.17) is 0 Å². The molecule has 0 saturated heterocycles. The first-order valence-electron chi connectivity index (χ1n) is 11.9. The number of nitrogens with one attached hydrogen (secondary N) is 1. The summed E-state index contributed by atoms with van der Waals surface area (Å²) in [6.45, 7) is 2.26. The first kappa shape index (κ1) is 25.1. The smallest absolute Gasteiger partial charge is 0.231 e. The number of amides is 1. The lowest BCUT2D eigenvalue weighted by molar-refractivity contribution is -0.125. The van der Waals surface area contributed by atoms with E-state index >= 15 is 0 Å². The number of hydrogen-bond acceptors (Lipinski definition) is 5. The van der Waals surface area contributed by atoms with Crippen LogP contribution in [0.2, 0.25) is 0 Å². The first-order chi connectivity index (χ1) is 15.6. The van der Waals surface area contributed by atoms with Gasteiger partial charge in [0.1, 0.15) is 22.1 Å². The van der Waals surface area contributed by atoms with Crippen molar-refractivity contribution < 1.29 is 4.79 Å². The highest BCUT2D eigenvalue weighted by molar-refractivity contribution is 7.99. The van der Waals surface area contributed by atoms with Crippen LogP contribution in [0.15, 0.2) is 40.6 Å². The van der Waals surface area contributed by atoms with Crippen LogP contribution in [0.3, 0.4) is 0 Å². The van der Waals surface area contributed by atoms with E-state index in [1.807, 2.05) is 12.5 Å². The summed E-state index contributed by atoms with van der Waals surface area (Å²) in [7, 11) is 0. The standard InChI is InChI=1S/C26H37N3OS2/c1-4-5-6-7-8-9-10-13-16-26(17-20-14-11-12-15-21(20)18-26)25(30)29-22-23(31-2)27-19-28-24(22)32-3/h11-12,14-15,19H,4-10,13,16-18H2,1-3H3,(H,29,30). The Bertz CT molecular complexity index is 840. The van der Waals surface area contributed by atoms with Crippen molar-refractivity contribution in [2.45, 2.75) is 87.6 Å². The number of hydrogen-bond donors (Lipinski definition) is 1. The second-order valence-corrected chi connectivity index (χ2v) is 10.4. The maximum atomic E-state index is 13.8. The predicted molar refractivity (Wildman–Crippen MR) is 138 cm³/mol. The number of carbonyl (C=O) groups is 1. The highest BCUT2D eigenvalue weighted by Crippen LogP contribution is 2.43. The Morgan fingerprint density at radius 1 is 0.906 bits per heavy atom. The molecule has 0 aliphatic heterocycles. The average Bonchev–Trinajstić information content (AvgIpc) is 3.20. The molecule has 2 aromatic rings. The van der Waals surface area contributed by atoms with E-state index in [1.54, 1.807) is 29.9 Å². The van der Waals surface area contributed by atoms with Crippen molar-refractivity contribution in [3.8, 4) is 0 Å². The third-order valence-corrected chi connectivity index (χ3v) is 7.96. The molecule has 174 valence electrons. The second-order valence-electron chi connectivity index (χ2n) is 8.85. The molecule has 1 aliphatic carbocycles. The van der Waals surface area contributed by atoms with E-state index in [-0.39, 0.29) is 11.3 Å². The molecule has 0 spiro atoms. The van der Waals surface area contributed by atoms with E-state index in [9.17, 15) is 4.79 Å². The van der Waals surface area contributed by atoms with Crippen molar-refractivity contribution in [3.05, 3.63) is 41.7 Å². The third-order valence-electron chi connectivity index (χ3n) is 6.57. The molecular weight excluding hydrogens is 434 g/mol. The number of rotatable bonds is 13. The van der Waals surface area contributed by atoms with Gasteiger partial charge in [-0.1, -0.05) is 82.6 Å². The molecule has 1 aliphatic rings. The average molecular weight is 472 g/mol. The molecule has 0 saturated carbocycles. The summed E-state index contributed by atoms with van der Waals surface area (Å²) in [6, 6.07) is 8.55. The fraction of sp³-hybridized carbons (Fsp3) is 0.577. The van der Waals surface area contributed by atoms with Crippen LogP contribution < -0.4 is 5.32 Å². The Balaban J connectivity index is 1.70. The molecule has 0 atom stereocenters. The molecule has 6 heteroatoms. The first-order valence-corrected chi connectivity index (χ1v) is 14.4. The maximum Gasteiger partial charge on any atom is 0.231 e. The molecule has 1 amide bonds. The molecule has 32 heavy (non-hydrogen) atoms. The number of fused-ring (bicyclic) bond motifs is 1. The van der Waals surface area contributed by atoms with Gasteiger partial charge >= 0.3 is 0 Å². The van der Waals surface area contributed by atoms with Crippen LogP contribution >= 0.6 is 23.5 Å². The molecule has 0 bridgehead atoms. The quantitative estimate of drug-likeness (QED) is 0.190. The van der Waals surface area contributed by atoms with E-state index in [0.29, 0.717) is 0 Å². The van der Waals surface area contributed by atoms with Crippen LogP contribution in [0.25, 0.3) is 0 Å². The van der Waals surface area contributed by atoms with Crippen LogP contribution in [-0.2, 0) is 17.6 Å². The topological polar surface area (TPSA) is 54.9 Å². The summed E-state index contributed by atoms with van der Waals surface area (Å²) in [4.78, 5) is 22.6.